The molecule has 24 heavy (non-hydrogen) atoms. The number of piperidine rings is 1. The lowest BCUT2D eigenvalue weighted by molar-refractivity contribution is -0.135. The summed E-state index contributed by atoms with van der Waals surface area (Å²) in [4.78, 5) is 14.9. The largest absolute Gasteiger partial charge is 0.339 e. The number of amides is 1. The first-order valence-corrected chi connectivity index (χ1v) is 8.58. The van der Waals surface area contributed by atoms with Crippen molar-refractivity contribution in [3.05, 3.63) is 35.4 Å². The summed E-state index contributed by atoms with van der Waals surface area (Å²) in [6.07, 6.45) is 3.56. The normalized spacial score (nSPS) is 23.5. The van der Waals surface area contributed by atoms with Crippen molar-refractivity contribution in [2.75, 3.05) is 19.6 Å². The van der Waals surface area contributed by atoms with E-state index in [4.69, 9.17) is 0 Å². The van der Waals surface area contributed by atoms with Crippen LogP contribution in [0.15, 0.2) is 18.2 Å². The Bertz CT molecular complexity index is 578. The highest BCUT2D eigenvalue weighted by Gasteiger charge is 2.47. The maximum atomic E-state index is 13.9. The van der Waals surface area contributed by atoms with Crippen LogP contribution in [0.2, 0.25) is 0 Å². The number of hydrogen-bond donors (Lipinski definition) is 1. The second-order valence-electron chi connectivity index (χ2n) is 6.63. The smallest absolute Gasteiger partial charge is 0.226 e. The average Bonchev–Trinajstić information content (AvgIpc) is 3.33. The molecule has 1 heterocycles. The first-order valence-electron chi connectivity index (χ1n) is 8.58. The number of nitrogens with one attached hydrogen (secondary N) is 1. The lowest BCUT2D eigenvalue weighted by Gasteiger charge is -2.35. The number of carbonyl (C=O) groups is 1. The van der Waals surface area contributed by atoms with E-state index in [-0.39, 0.29) is 30.2 Å². The van der Waals surface area contributed by atoms with E-state index in [9.17, 15) is 13.6 Å². The van der Waals surface area contributed by atoms with Crippen LogP contribution in [0.25, 0.3) is 0 Å². The van der Waals surface area contributed by atoms with Gasteiger partial charge in [0.15, 0.2) is 0 Å². The summed E-state index contributed by atoms with van der Waals surface area (Å²) in [7, 11) is 0. The summed E-state index contributed by atoms with van der Waals surface area (Å²) < 4.78 is 26.9. The van der Waals surface area contributed by atoms with Crippen LogP contribution in [0, 0.1) is 17.6 Å². The average molecular weight is 359 g/mol. The van der Waals surface area contributed by atoms with Gasteiger partial charge < -0.3 is 10.2 Å². The van der Waals surface area contributed by atoms with Crippen LogP contribution in [0.4, 0.5) is 8.78 Å². The molecule has 2 fully saturated rings. The van der Waals surface area contributed by atoms with Crippen molar-refractivity contribution in [1.29, 1.82) is 0 Å². The zero-order valence-electron chi connectivity index (χ0n) is 13.9. The molecule has 2 aliphatic rings. The molecule has 0 bridgehead atoms. The predicted molar refractivity (Wildman–Crippen MR) is 92.3 cm³/mol. The van der Waals surface area contributed by atoms with Gasteiger partial charge in [-0.3, -0.25) is 4.79 Å². The Labute approximate surface area is 148 Å². The van der Waals surface area contributed by atoms with Crippen LogP contribution < -0.4 is 5.32 Å². The molecule has 1 amide bonds. The fraction of sp³-hybridized carbons (Fsp3) is 0.611. The van der Waals surface area contributed by atoms with Gasteiger partial charge in [-0.2, -0.15) is 0 Å². The van der Waals surface area contributed by atoms with Gasteiger partial charge in [0.1, 0.15) is 11.6 Å². The summed E-state index contributed by atoms with van der Waals surface area (Å²) in [6.45, 7) is 4.72. The first kappa shape index (κ1) is 19.1. The Morgan fingerprint density at radius 3 is 2.62 bits per heavy atom. The lowest BCUT2D eigenvalue weighted by atomic mass is 10.0. The molecule has 6 heteroatoms. The van der Waals surface area contributed by atoms with Crippen LogP contribution in [0.3, 0.4) is 0 Å². The minimum absolute atomic E-state index is 0. The van der Waals surface area contributed by atoms with Crippen LogP contribution in [-0.4, -0.2) is 36.5 Å². The Balaban J connectivity index is 0.00000208. The maximum absolute atomic E-state index is 13.9. The highest BCUT2D eigenvalue weighted by atomic mass is 35.5. The lowest BCUT2D eigenvalue weighted by Crippen LogP contribution is -2.47. The van der Waals surface area contributed by atoms with Crippen molar-refractivity contribution in [3.8, 4) is 0 Å². The third kappa shape index (κ3) is 4.06. The fourth-order valence-electron chi connectivity index (χ4n) is 3.66. The molecule has 2 atom stereocenters. The molecule has 1 aromatic carbocycles. The van der Waals surface area contributed by atoms with Crippen LogP contribution in [0.5, 0.6) is 0 Å². The number of halogens is 3. The molecular weight excluding hydrogens is 334 g/mol. The molecule has 3 rings (SSSR count). The van der Waals surface area contributed by atoms with E-state index in [2.05, 4.69) is 12.2 Å². The molecule has 0 radical (unpaired) electrons. The van der Waals surface area contributed by atoms with E-state index in [0.717, 1.165) is 45.0 Å². The van der Waals surface area contributed by atoms with Gasteiger partial charge in [0.2, 0.25) is 5.91 Å². The monoisotopic (exact) mass is 358 g/mol. The number of nitrogens with zero attached hydrogens (tertiary/aromatic N) is 1. The molecule has 1 aliphatic carbocycles. The van der Waals surface area contributed by atoms with Crippen LogP contribution in [-0.2, 0) is 4.79 Å². The van der Waals surface area contributed by atoms with Gasteiger partial charge in [-0.1, -0.05) is 13.0 Å². The summed E-state index contributed by atoms with van der Waals surface area (Å²) in [5, 5.41) is 3.32. The van der Waals surface area contributed by atoms with Crippen LogP contribution >= 0.6 is 12.4 Å². The first-order chi connectivity index (χ1) is 11.1. The molecule has 2 unspecified atom stereocenters. The number of rotatable bonds is 5. The van der Waals surface area contributed by atoms with Crippen molar-refractivity contribution in [2.45, 2.75) is 44.6 Å². The van der Waals surface area contributed by atoms with E-state index in [1.54, 1.807) is 0 Å². The van der Waals surface area contributed by atoms with E-state index in [0.29, 0.717) is 18.0 Å². The highest BCUT2D eigenvalue weighted by molar-refractivity contribution is 5.85. The zero-order chi connectivity index (χ0) is 16.4. The molecular formula is C18H25ClF2N2O. The van der Waals surface area contributed by atoms with Gasteiger partial charge in [-0.25, -0.2) is 8.78 Å². The predicted octanol–water partition coefficient (Wildman–Crippen LogP) is 3.48. The van der Waals surface area contributed by atoms with Crippen LogP contribution in [0.1, 0.15) is 44.1 Å². The molecule has 1 aromatic rings. The molecule has 3 nitrogen and oxygen atoms in total. The van der Waals surface area contributed by atoms with Crippen molar-refractivity contribution in [1.82, 2.24) is 10.2 Å². The third-order valence-electron chi connectivity index (χ3n) is 4.97. The summed E-state index contributed by atoms with van der Waals surface area (Å²) >= 11 is 0. The number of hydrogen-bond acceptors (Lipinski definition) is 2. The Morgan fingerprint density at radius 1 is 1.29 bits per heavy atom. The second kappa shape index (κ2) is 8.26. The number of carbonyl (C=O) groups excluding carboxylic acids is 1. The summed E-state index contributed by atoms with van der Waals surface area (Å²) in [5.74, 6) is -1.20. The molecule has 1 saturated heterocycles. The van der Waals surface area contributed by atoms with E-state index in [1.165, 1.54) is 12.1 Å². The van der Waals surface area contributed by atoms with Gasteiger partial charge in [-0.15, -0.1) is 12.4 Å². The Hall–Kier alpha value is -1.20. The third-order valence-corrected chi connectivity index (χ3v) is 4.97. The zero-order valence-corrected chi connectivity index (χ0v) is 14.7. The molecule has 0 aromatic heterocycles. The molecule has 1 saturated carbocycles. The summed E-state index contributed by atoms with van der Waals surface area (Å²) in [5.41, 5.74) is 0.478. The minimum Gasteiger partial charge on any atom is -0.339 e. The quantitative estimate of drug-likeness (QED) is 0.874. The SMILES string of the molecule is CCCN(C(=O)C1CC1c1ccc(F)cc1F)C1CCNCC1.Cl. The Morgan fingerprint density at radius 2 is 2.00 bits per heavy atom. The molecule has 1 N–H and O–H groups in total. The van der Waals surface area contributed by atoms with Crippen molar-refractivity contribution in [3.63, 3.8) is 0 Å². The standard InChI is InChI=1S/C18H24F2N2O.ClH/c1-2-9-22(13-5-7-21-8-6-13)18(23)16-11-15(16)14-4-3-12(19)10-17(14)20;/h3-4,10,13,15-16,21H,2,5-9,11H2,1H3;1H. The Kier molecular flexibility index (Phi) is 6.58. The molecule has 0 spiro atoms. The van der Waals surface area contributed by atoms with Gasteiger partial charge in [0.25, 0.3) is 0 Å². The second-order valence-corrected chi connectivity index (χ2v) is 6.63. The summed E-state index contributed by atoms with van der Waals surface area (Å²) in [6, 6.07) is 3.96. The van der Waals surface area contributed by atoms with Gasteiger partial charge in [0, 0.05) is 24.6 Å². The van der Waals surface area contributed by atoms with Crippen molar-refractivity contribution in [2.24, 2.45) is 5.92 Å². The van der Waals surface area contributed by atoms with Gasteiger partial charge >= 0.3 is 0 Å². The van der Waals surface area contributed by atoms with Gasteiger partial charge in [-0.05, 0) is 56.3 Å². The van der Waals surface area contributed by atoms with E-state index < -0.39 is 11.6 Å². The van der Waals surface area contributed by atoms with E-state index >= 15 is 0 Å². The fourth-order valence-corrected chi connectivity index (χ4v) is 3.66. The van der Waals surface area contributed by atoms with E-state index in [1.807, 2.05) is 4.90 Å². The minimum atomic E-state index is -0.572. The topological polar surface area (TPSA) is 32.3 Å². The van der Waals surface area contributed by atoms with Crippen molar-refractivity contribution < 1.29 is 13.6 Å². The van der Waals surface area contributed by atoms with Crippen molar-refractivity contribution >= 4 is 18.3 Å². The number of benzene rings is 1. The maximum Gasteiger partial charge on any atom is 0.226 e. The highest BCUT2D eigenvalue weighted by Crippen LogP contribution is 2.49. The molecule has 1 aliphatic heterocycles. The molecule has 134 valence electrons. The van der Waals surface area contributed by atoms with Gasteiger partial charge in [0.05, 0.1) is 0 Å².